The quantitative estimate of drug-likeness (QED) is 0.299. The summed E-state index contributed by atoms with van der Waals surface area (Å²) in [6.45, 7) is 11.8. The predicted molar refractivity (Wildman–Crippen MR) is 127 cm³/mol. The van der Waals surface area contributed by atoms with E-state index < -0.39 is 7.60 Å². The van der Waals surface area contributed by atoms with E-state index in [4.69, 9.17) is 13.8 Å². The lowest BCUT2D eigenvalue weighted by Gasteiger charge is -2.32. The molecule has 0 amide bonds. The van der Waals surface area contributed by atoms with Gasteiger partial charge in [0.25, 0.3) is 0 Å². The van der Waals surface area contributed by atoms with E-state index in [9.17, 15) is 4.57 Å². The van der Waals surface area contributed by atoms with E-state index in [1.807, 2.05) is 62.4 Å². The average Bonchev–Trinajstić information content (AvgIpc) is 2.80. The third kappa shape index (κ3) is 8.17. The second-order valence-electron chi connectivity index (χ2n) is 7.44. The van der Waals surface area contributed by atoms with Gasteiger partial charge in [0.2, 0.25) is 0 Å². The van der Waals surface area contributed by atoms with Crippen LogP contribution in [0.2, 0.25) is 0 Å². The van der Waals surface area contributed by atoms with Crippen molar-refractivity contribution >= 4 is 7.60 Å². The molecule has 0 aliphatic heterocycles. The van der Waals surface area contributed by atoms with Gasteiger partial charge in [0, 0.05) is 6.54 Å². The molecule has 0 fully saturated rings. The summed E-state index contributed by atoms with van der Waals surface area (Å²) < 4.78 is 31.8. The summed E-state index contributed by atoms with van der Waals surface area (Å²) in [7, 11) is -3.36. The lowest BCUT2D eigenvalue weighted by atomic mass is 10.1. The van der Waals surface area contributed by atoms with Crippen LogP contribution in [0.1, 0.15) is 50.9 Å². The van der Waals surface area contributed by atoms with Crippen molar-refractivity contribution in [2.24, 2.45) is 0 Å². The van der Waals surface area contributed by atoms with Crippen LogP contribution < -0.4 is 0 Å². The van der Waals surface area contributed by atoms with Gasteiger partial charge in [-0.2, -0.15) is 0 Å². The average molecular weight is 448 g/mol. The third-order valence-electron chi connectivity index (χ3n) is 5.36. The molecule has 0 aliphatic rings. The van der Waals surface area contributed by atoms with E-state index in [2.05, 4.69) is 30.9 Å². The molecule has 0 aliphatic carbocycles. The molecular formula is C25H38NO4P. The Bertz CT molecular complexity index is 758. The Kier molecular flexibility index (Phi) is 11.5. The number of nitrogens with zero attached hydrogens (tertiary/aromatic N) is 1. The van der Waals surface area contributed by atoms with Crippen LogP contribution >= 0.6 is 7.60 Å². The fraction of sp³-hybridized carbons (Fsp3) is 0.520. The van der Waals surface area contributed by atoms with Crippen molar-refractivity contribution in [3.63, 3.8) is 0 Å². The topological polar surface area (TPSA) is 48.0 Å². The molecule has 0 spiro atoms. The highest BCUT2D eigenvalue weighted by molar-refractivity contribution is 7.54. The summed E-state index contributed by atoms with van der Waals surface area (Å²) in [6.07, 6.45) is 0.449. The summed E-state index contributed by atoms with van der Waals surface area (Å²) >= 11 is 0. The first kappa shape index (κ1) is 25.8. The van der Waals surface area contributed by atoms with E-state index in [1.54, 1.807) is 0 Å². The SMILES string of the molecule is CCOP(=O)(OCC)C(CC(CN(CC)CC)OCc1ccccc1)c1ccccc1. The second kappa shape index (κ2) is 13.8. The van der Waals surface area contributed by atoms with Crippen LogP contribution in [-0.4, -0.2) is 43.9 Å². The molecule has 0 aromatic heterocycles. The van der Waals surface area contributed by atoms with Crippen LogP contribution in [0.5, 0.6) is 0 Å². The summed E-state index contributed by atoms with van der Waals surface area (Å²) in [4.78, 5) is 2.34. The largest absolute Gasteiger partial charge is 0.372 e. The normalized spacial score (nSPS) is 14.0. The molecule has 0 bridgehead atoms. The summed E-state index contributed by atoms with van der Waals surface area (Å²) in [5.41, 5.74) is 1.70. The zero-order valence-electron chi connectivity index (χ0n) is 19.4. The molecule has 2 aromatic carbocycles. The molecule has 2 aromatic rings. The first-order valence-electron chi connectivity index (χ1n) is 11.4. The summed E-state index contributed by atoms with van der Waals surface area (Å²) in [5.74, 6) is 0. The number of benzene rings is 2. The van der Waals surface area contributed by atoms with Crippen LogP contribution in [0.4, 0.5) is 0 Å². The van der Waals surface area contributed by atoms with Gasteiger partial charge in [-0.3, -0.25) is 4.57 Å². The number of ether oxygens (including phenoxy) is 1. The number of rotatable bonds is 15. The van der Waals surface area contributed by atoms with E-state index >= 15 is 0 Å². The van der Waals surface area contributed by atoms with Crippen molar-refractivity contribution in [1.82, 2.24) is 4.90 Å². The van der Waals surface area contributed by atoms with Gasteiger partial charge in [-0.15, -0.1) is 0 Å². The zero-order chi connectivity index (χ0) is 22.5. The Morgan fingerprint density at radius 1 is 0.839 bits per heavy atom. The van der Waals surface area contributed by atoms with Crippen LogP contribution in [0, 0.1) is 0 Å². The molecule has 6 heteroatoms. The fourth-order valence-corrected chi connectivity index (χ4v) is 5.89. The molecule has 0 N–H and O–H groups in total. The standard InChI is InChI=1S/C25H38NO4P/c1-5-26(6-2)20-24(28-21-22-15-11-9-12-16-22)19-25(23-17-13-10-14-18-23)31(27,29-7-3)30-8-4/h9-18,24-25H,5-8,19-21H2,1-4H3. The van der Waals surface area contributed by atoms with E-state index in [0.717, 1.165) is 30.8 Å². The zero-order valence-corrected chi connectivity index (χ0v) is 20.3. The van der Waals surface area contributed by atoms with Crippen molar-refractivity contribution in [3.8, 4) is 0 Å². The van der Waals surface area contributed by atoms with Gasteiger partial charge in [0.1, 0.15) is 0 Å². The first-order chi connectivity index (χ1) is 15.1. The number of hydrogen-bond donors (Lipinski definition) is 0. The Labute approximate surface area is 188 Å². The molecule has 0 saturated heterocycles. The van der Waals surface area contributed by atoms with E-state index in [-0.39, 0.29) is 11.8 Å². The van der Waals surface area contributed by atoms with Crippen molar-refractivity contribution in [1.29, 1.82) is 0 Å². The fourth-order valence-electron chi connectivity index (χ4n) is 3.70. The van der Waals surface area contributed by atoms with Crippen LogP contribution in [0.25, 0.3) is 0 Å². The van der Waals surface area contributed by atoms with Gasteiger partial charge in [0.15, 0.2) is 0 Å². The van der Waals surface area contributed by atoms with Gasteiger partial charge in [-0.25, -0.2) is 0 Å². The van der Waals surface area contributed by atoms with E-state index in [1.165, 1.54) is 0 Å². The molecule has 31 heavy (non-hydrogen) atoms. The number of hydrogen-bond acceptors (Lipinski definition) is 5. The van der Waals surface area contributed by atoms with Gasteiger partial charge in [0.05, 0.1) is 31.6 Å². The highest BCUT2D eigenvalue weighted by Gasteiger charge is 2.38. The lowest BCUT2D eigenvalue weighted by Crippen LogP contribution is -2.35. The highest BCUT2D eigenvalue weighted by atomic mass is 31.2. The van der Waals surface area contributed by atoms with Gasteiger partial charge >= 0.3 is 7.60 Å². The molecule has 2 atom stereocenters. The Morgan fingerprint density at radius 2 is 1.39 bits per heavy atom. The minimum atomic E-state index is -3.36. The molecule has 2 unspecified atom stereocenters. The minimum absolute atomic E-state index is 0.112. The first-order valence-corrected chi connectivity index (χ1v) is 13.0. The lowest BCUT2D eigenvalue weighted by molar-refractivity contribution is 0.00970. The molecular weight excluding hydrogens is 409 g/mol. The summed E-state index contributed by atoms with van der Waals surface area (Å²) in [5, 5.41) is 0. The molecule has 2 rings (SSSR count). The molecule has 0 saturated carbocycles. The van der Waals surface area contributed by atoms with Crippen molar-refractivity contribution in [2.75, 3.05) is 32.8 Å². The maximum atomic E-state index is 13.8. The van der Waals surface area contributed by atoms with Gasteiger partial charge in [-0.1, -0.05) is 74.5 Å². The third-order valence-corrected chi connectivity index (χ3v) is 7.86. The number of likely N-dealkylation sites (N-methyl/N-ethyl adjacent to an activating group) is 1. The van der Waals surface area contributed by atoms with Crippen LogP contribution in [-0.2, 0) is 25.0 Å². The Morgan fingerprint density at radius 3 is 1.90 bits per heavy atom. The Hall–Kier alpha value is -1.49. The van der Waals surface area contributed by atoms with Crippen LogP contribution in [0.3, 0.4) is 0 Å². The second-order valence-corrected chi connectivity index (χ2v) is 9.66. The molecule has 0 radical (unpaired) electrons. The Balaban J connectivity index is 2.31. The van der Waals surface area contributed by atoms with Crippen molar-refractivity contribution < 1.29 is 18.3 Å². The van der Waals surface area contributed by atoms with Crippen molar-refractivity contribution in [3.05, 3.63) is 71.8 Å². The molecule has 5 nitrogen and oxygen atoms in total. The predicted octanol–water partition coefficient (Wildman–Crippen LogP) is 6.31. The van der Waals surface area contributed by atoms with E-state index in [0.29, 0.717) is 26.2 Å². The highest BCUT2D eigenvalue weighted by Crippen LogP contribution is 2.62. The monoisotopic (exact) mass is 447 g/mol. The minimum Gasteiger partial charge on any atom is -0.372 e. The molecule has 172 valence electrons. The molecule has 0 heterocycles. The van der Waals surface area contributed by atoms with Gasteiger partial charge < -0.3 is 18.7 Å². The summed E-state index contributed by atoms with van der Waals surface area (Å²) in [6, 6.07) is 20.1. The maximum absolute atomic E-state index is 13.8. The maximum Gasteiger partial charge on any atom is 0.338 e. The smallest absolute Gasteiger partial charge is 0.338 e. The van der Waals surface area contributed by atoms with Crippen LogP contribution in [0.15, 0.2) is 60.7 Å². The van der Waals surface area contributed by atoms with Gasteiger partial charge in [-0.05, 0) is 44.5 Å². The van der Waals surface area contributed by atoms with Crippen molar-refractivity contribution in [2.45, 2.75) is 52.5 Å².